The van der Waals surface area contributed by atoms with Gasteiger partial charge in [0, 0.05) is 24.7 Å². The van der Waals surface area contributed by atoms with E-state index in [-0.39, 0.29) is 30.5 Å². The summed E-state index contributed by atoms with van der Waals surface area (Å²) in [5, 5.41) is 0. The van der Waals surface area contributed by atoms with Crippen molar-refractivity contribution in [2.24, 2.45) is 11.7 Å². The molecule has 0 aromatic carbocycles. The lowest BCUT2D eigenvalue weighted by atomic mass is 9.74. The fourth-order valence-electron chi connectivity index (χ4n) is 3.66. The summed E-state index contributed by atoms with van der Waals surface area (Å²) in [6.07, 6.45) is -2.49. The van der Waals surface area contributed by atoms with Crippen LogP contribution in [0.3, 0.4) is 0 Å². The lowest BCUT2D eigenvalue weighted by Gasteiger charge is -2.52. The summed E-state index contributed by atoms with van der Waals surface area (Å²) in [5.74, 6) is -1.16. The molecule has 2 aliphatic rings. The van der Waals surface area contributed by atoms with Crippen LogP contribution < -0.4 is 5.73 Å². The number of halogens is 3. The van der Waals surface area contributed by atoms with E-state index in [1.54, 1.807) is 0 Å². The minimum absolute atomic E-state index is 0.120. The number of hydrogen-bond donors (Lipinski definition) is 1. The first-order valence-corrected chi connectivity index (χ1v) is 7.43. The van der Waals surface area contributed by atoms with E-state index >= 15 is 0 Å². The molecule has 2 rings (SSSR count). The van der Waals surface area contributed by atoms with Crippen LogP contribution in [0.2, 0.25) is 0 Å². The minimum atomic E-state index is -4.06. The van der Waals surface area contributed by atoms with Gasteiger partial charge in [0.05, 0.1) is 18.6 Å². The monoisotopic (exact) mass is 294 g/mol. The molecule has 0 spiro atoms. The average Bonchev–Trinajstić information content (AvgIpc) is 2.40. The standard InChI is InChI=1S/C14H25F3N2O/c1-10-8-20-11(2)7-19(10)13(9-18)5-3-12(4-6-13)14(15,16)17/h10-12H,3-9,18H2,1-2H3. The van der Waals surface area contributed by atoms with Crippen molar-refractivity contribution >= 4 is 0 Å². The molecule has 3 nitrogen and oxygen atoms in total. The quantitative estimate of drug-likeness (QED) is 0.850. The van der Waals surface area contributed by atoms with Gasteiger partial charge >= 0.3 is 6.18 Å². The van der Waals surface area contributed by atoms with E-state index < -0.39 is 12.1 Å². The molecule has 1 heterocycles. The molecule has 1 aliphatic heterocycles. The number of morpholine rings is 1. The molecule has 0 radical (unpaired) electrons. The van der Waals surface area contributed by atoms with Gasteiger partial charge in [-0.25, -0.2) is 0 Å². The topological polar surface area (TPSA) is 38.5 Å². The zero-order chi connectivity index (χ0) is 15.0. The number of alkyl halides is 3. The molecular weight excluding hydrogens is 269 g/mol. The van der Waals surface area contributed by atoms with Crippen LogP contribution in [0.15, 0.2) is 0 Å². The van der Waals surface area contributed by atoms with Gasteiger partial charge in [0.1, 0.15) is 0 Å². The van der Waals surface area contributed by atoms with E-state index in [4.69, 9.17) is 10.5 Å². The van der Waals surface area contributed by atoms with E-state index in [2.05, 4.69) is 11.8 Å². The second kappa shape index (κ2) is 5.81. The normalized spacial score (nSPS) is 40.8. The Balaban J connectivity index is 2.08. The van der Waals surface area contributed by atoms with Crippen LogP contribution in [-0.2, 0) is 4.74 Å². The van der Waals surface area contributed by atoms with Gasteiger partial charge in [0.15, 0.2) is 0 Å². The smallest absolute Gasteiger partial charge is 0.376 e. The van der Waals surface area contributed by atoms with Crippen molar-refractivity contribution in [2.45, 2.75) is 63.4 Å². The molecule has 2 atom stereocenters. The van der Waals surface area contributed by atoms with Gasteiger partial charge in [-0.05, 0) is 39.5 Å². The van der Waals surface area contributed by atoms with E-state index in [0.717, 1.165) is 6.54 Å². The fourth-order valence-corrected chi connectivity index (χ4v) is 3.66. The second-order valence-corrected chi connectivity index (χ2v) is 6.39. The van der Waals surface area contributed by atoms with Crippen molar-refractivity contribution in [1.82, 2.24) is 4.90 Å². The second-order valence-electron chi connectivity index (χ2n) is 6.39. The molecule has 0 aromatic heterocycles. The molecule has 2 fully saturated rings. The summed E-state index contributed by atoms with van der Waals surface area (Å²) in [5.41, 5.74) is 5.69. The molecular formula is C14H25F3N2O. The predicted molar refractivity (Wildman–Crippen MR) is 71.4 cm³/mol. The van der Waals surface area contributed by atoms with Gasteiger partial charge in [0.2, 0.25) is 0 Å². The maximum Gasteiger partial charge on any atom is 0.391 e. The summed E-state index contributed by atoms with van der Waals surface area (Å²) >= 11 is 0. The number of nitrogens with zero attached hydrogens (tertiary/aromatic N) is 1. The molecule has 1 saturated heterocycles. The summed E-state index contributed by atoms with van der Waals surface area (Å²) in [7, 11) is 0. The Morgan fingerprint density at radius 2 is 1.85 bits per heavy atom. The summed E-state index contributed by atoms with van der Waals surface area (Å²) in [6, 6.07) is 0.220. The molecule has 0 amide bonds. The predicted octanol–water partition coefficient (Wildman–Crippen LogP) is 2.55. The molecule has 0 aromatic rings. The van der Waals surface area contributed by atoms with Gasteiger partial charge in [-0.2, -0.15) is 13.2 Å². The first-order chi connectivity index (χ1) is 9.28. The molecule has 1 aliphatic carbocycles. The number of nitrogens with two attached hydrogens (primary N) is 1. The lowest BCUT2D eigenvalue weighted by Crippen LogP contribution is -2.63. The van der Waals surface area contributed by atoms with Gasteiger partial charge < -0.3 is 10.5 Å². The highest BCUT2D eigenvalue weighted by molar-refractivity contribution is 5.00. The number of ether oxygens (including phenoxy) is 1. The highest BCUT2D eigenvalue weighted by atomic mass is 19.4. The van der Waals surface area contributed by atoms with Crippen molar-refractivity contribution in [3.8, 4) is 0 Å². The minimum Gasteiger partial charge on any atom is -0.376 e. The van der Waals surface area contributed by atoms with E-state index in [1.807, 2.05) is 6.92 Å². The van der Waals surface area contributed by atoms with Crippen LogP contribution in [0.1, 0.15) is 39.5 Å². The first kappa shape index (κ1) is 16.0. The lowest BCUT2D eigenvalue weighted by molar-refractivity contribution is -0.192. The third-order valence-electron chi connectivity index (χ3n) is 4.98. The Bertz CT molecular complexity index is 327. The van der Waals surface area contributed by atoms with Crippen molar-refractivity contribution in [2.75, 3.05) is 19.7 Å². The van der Waals surface area contributed by atoms with Gasteiger partial charge in [-0.1, -0.05) is 0 Å². The van der Waals surface area contributed by atoms with Gasteiger partial charge in [0.25, 0.3) is 0 Å². The summed E-state index contributed by atoms with van der Waals surface area (Å²) in [6.45, 7) is 5.89. The van der Waals surface area contributed by atoms with Crippen LogP contribution in [0, 0.1) is 5.92 Å². The molecule has 2 unspecified atom stereocenters. The maximum atomic E-state index is 12.8. The molecule has 1 saturated carbocycles. The third-order valence-corrected chi connectivity index (χ3v) is 4.98. The van der Waals surface area contributed by atoms with Crippen molar-refractivity contribution in [3.63, 3.8) is 0 Å². The van der Waals surface area contributed by atoms with Crippen LogP contribution in [0.4, 0.5) is 13.2 Å². The van der Waals surface area contributed by atoms with E-state index in [0.29, 0.717) is 26.0 Å². The Hall–Kier alpha value is -0.330. The van der Waals surface area contributed by atoms with Crippen LogP contribution in [0.5, 0.6) is 0 Å². The Labute approximate surface area is 118 Å². The maximum absolute atomic E-state index is 12.8. The Kier molecular flexibility index (Phi) is 4.66. The highest BCUT2D eigenvalue weighted by Gasteiger charge is 2.49. The van der Waals surface area contributed by atoms with Crippen molar-refractivity contribution < 1.29 is 17.9 Å². The molecule has 6 heteroatoms. The van der Waals surface area contributed by atoms with Crippen LogP contribution >= 0.6 is 0 Å². The summed E-state index contributed by atoms with van der Waals surface area (Å²) < 4.78 is 44.1. The van der Waals surface area contributed by atoms with Crippen LogP contribution in [-0.4, -0.2) is 48.5 Å². The number of hydrogen-bond acceptors (Lipinski definition) is 3. The molecule has 2 N–H and O–H groups in total. The van der Waals surface area contributed by atoms with Crippen molar-refractivity contribution in [1.29, 1.82) is 0 Å². The first-order valence-electron chi connectivity index (χ1n) is 7.43. The average molecular weight is 294 g/mol. The van der Waals surface area contributed by atoms with Crippen LogP contribution in [0.25, 0.3) is 0 Å². The Morgan fingerprint density at radius 1 is 1.25 bits per heavy atom. The molecule has 118 valence electrons. The SMILES string of the molecule is CC1CN(C2(CN)CCC(C(F)(F)F)CC2)C(C)CO1. The van der Waals surface area contributed by atoms with E-state index in [9.17, 15) is 13.2 Å². The highest BCUT2D eigenvalue weighted by Crippen LogP contribution is 2.44. The largest absolute Gasteiger partial charge is 0.391 e. The zero-order valence-electron chi connectivity index (χ0n) is 12.2. The van der Waals surface area contributed by atoms with Gasteiger partial charge in [-0.15, -0.1) is 0 Å². The molecule has 0 bridgehead atoms. The number of rotatable bonds is 2. The van der Waals surface area contributed by atoms with Crippen molar-refractivity contribution in [3.05, 3.63) is 0 Å². The Morgan fingerprint density at radius 3 is 2.35 bits per heavy atom. The fraction of sp³-hybridized carbons (Fsp3) is 1.00. The molecule has 20 heavy (non-hydrogen) atoms. The zero-order valence-corrected chi connectivity index (χ0v) is 12.2. The third kappa shape index (κ3) is 3.12. The van der Waals surface area contributed by atoms with Gasteiger partial charge in [-0.3, -0.25) is 4.90 Å². The van der Waals surface area contributed by atoms with E-state index in [1.165, 1.54) is 0 Å². The summed E-state index contributed by atoms with van der Waals surface area (Å²) in [4.78, 5) is 2.30.